The van der Waals surface area contributed by atoms with Gasteiger partial charge < -0.3 is 19.0 Å². The summed E-state index contributed by atoms with van der Waals surface area (Å²) in [5.74, 6) is 3.48. The van der Waals surface area contributed by atoms with Crippen molar-refractivity contribution < 1.29 is 13.7 Å². The Balaban J connectivity index is 0.00000225. The maximum Gasteiger partial charge on any atom is 0.226 e. The van der Waals surface area contributed by atoms with Crippen LogP contribution in [0.15, 0.2) is 39.5 Å². The van der Waals surface area contributed by atoms with E-state index in [1.165, 1.54) is 12.8 Å². The minimum absolute atomic E-state index is 0. The third-order valence-electron chi connectivity index (χ3n) is 4.96. The lowest BCUT2D eigenvalue weighted by atomic mass is 9.93. The van der Waals surface area contributed by atoms with Crippen molar-refractivity contribution in [3.05, 3.63) is 47.9 Å². The molecule has 0 amide bonds. The Kier molecular flexibility index (Phi) is 7.06. The molecule has 3 heterocycles. The van der Waals surface area contributed by atoms with E-state index in [0.29, 0.717) is 24.0 Å². The van der Waals surface area contributed by atoms with Gasteiger partial charge in [-0.2, -0.15) is 4.98 Å². The van der Waals surface area contributed by atoms with E-state index in [4.69, 9.17) is 13.7 Å². The van der Waals surface area contributed by atoms with Crippen molar-refractivity contribution in [2.24, 2.45) is 5.92 Å². The summed E-state index contributed by atoms with van der Waals surface area (Å²) in [6, 6.07) is 7.60. The third-order valence-corrected chi connectivity index (χ3v) is 4.96. The average Bonchev–Trinajstić information content (AvgIpc) is 3.37. The number of hydrogen-bond donors (Lipinski definition) is 1. The highest BCUT2D eigenvalue weighted by Gasteiger charge is 2.16. The van der Waals surface area contributed by atoms with E-state index in [-0.39, 0.29) is 12.4 Å². The first-order valence-electron chi connectivity index (χ1n) is 9.41. The van der Waals surface area contributed by atoms with Crippen LogP contribution in [0.25, 0.3) is 11.5 Å². The summed E-state index contributed by atoms with van der Waals surface area (Å²) >= 11 is 0. The van der Waals surface area contributed by atoms with Gasteiger partial charge in [0, 0.05) is 12.0 Å². The molecule has 0 spiro atoms. The van der Waals surface area contributed by atoms with Crippen molar-refractivity contribution in [1.29, 1.82) is 0 Å². The summed E-state index contributed by atoms with van der Waals surface area (Å²) in [6.07, 6.45) is 6.55. The molecule has 8 heteroatoms. The van der Waals surface area contributed by atoms with Crippen molar-refractivity contribution in [3.8, 4) is 17.2 Å². The molecule has 0 aliphatic carbocycles. The van der Waals surface area contributed by atoms with Gasteiger partial charge in [0.2, 0.25) is 11.8 Å². The van der Waals surface area contributed by atoms with Gasteiger partial charge in [-0.25, -0.2) is 4.98 Å². The topological polar surface area (TPSA) is 86.2 Å². The molecule has 1 aliphatic rings. The van der Waals surface area contributed by atoms with Gasteiger partial charge in [-0.15, -0.1) is 12.4 Å². The van der Waals surface area contributed by atoms with Crippen LogP contribution < -0.4 is 10.1 Å². The molecule has 7 nitrogen and oxygen atoms in total. The Morgan fingerprint density at radius 3 is 2.68 bits per heavy atom. The lowest BCUT2D eigenvalue weighted by Gasteiger charge is -2.21. The predicted octanol–water partition coefficient (Wildman–Crippen LogP) is 3.68. The third kappa shape index (κ3) is 5.11. The molecule has 3 aromatic rings. The summed E-state index contributed by atoms with van der Waals surface area (Å²) in [5, 5.41) is 7.47. The standard InChI is InChI=1S/C20H24N4O3.ClH/c1-25-17-5-3-15(4-6-17)20-22-16(13-26-20)12-18-23-19(27-24-18)7-2-14-8-10-21-11-9-14;/h3-6,13-14,21H,2,7-12H2,1H3;1H. The fourth-order valence-electron chi connectivity index (χ4n) is 3.38. The van der Waals surface area contributed by atoms with Crippen molar-refractivity contribution in [3.63, 3.8) is 0 Å². The molecule has 1 fully saturated rings. The van der Waals surface area contributed by atoms with Crippen LogP contribution in [0.5, 0.6) is 5.75 Å². The Hall–Kier alpha value is -2.38. The molecular formula is C20H25ClN4O3. The number of rotatable bonds is 7. The average molecular weight is 405 g/mol. The van der Waals surface area contributed by atoms with E-state index < -0.39 is 0 Å². The molecule has 1 aromatic carbocycles. The fourth-order valence-corrected chi connectivity index (χ4v) is 3.38. The monoisotopic (exact) mass is 404 g/mol. The number of methoxy groups -OCH3 is 1. The van der Waals surface area contributed by atoms with E-state index >= 15 is 0 Å². The maximum atomic E-state index is 5.59. The summed E-state index contributed by atoms with van der Waals surface area (Å²) in [4.78, 5) is 9.03. The van der Waals surface area contributed by atoms with Gasteiger partial charge in [0.05, 0.1) is 19.2 Å². The van der Waals surface area contributed by atoms with Gasteiger partial charge in [0.1, 0.15) is 12.0 Å². The van der Waals surface area contributed by atoms with Gasteiger partial charge in [-0.05, 0) is 62.5 Å². The second-order valence-electron chi connectivity index (χ2n) is 6.89. The van der Waals surface area contributed by atoms with Gasteiger partial charge in [0.25, 0.3) is 0 Å². The van der Waals surface area contributed by atoms with Crippen LogP contribution in [0.1, 0.15) is 36.7 Å². The van der Waals surface area contributed by atoms with Crippen molar-refractivity contribution in [1.82, 2.24) is 20.4 Å². The smallest absolute Gasteiger partial charge is 0.226 e. The first-order valence-corrected chi connectivity index (χ1v) is 9.41. The SMILES string of the molecule is COc1ccc(-c2nc(Cc3noc(CCC4CCNCC4)n3)co2)cc1.Cl. The number of oxazole rings is 1. The van der Waals surface area contributed by atoms with Crippen molar-refractivity contribution in [2.45, 2.75) is 32.1 Å². The number of piperidine rings is 1. The molecule has 0 saturated carbocycles. The molecule has 150 valence electrons. The van der Waals surface area contributed by atoms with Gasteiger partial charge in [0.15, 0.2) is 5.82 Å². The summed E-state index contributed by atoms with van der Waals surface area (Å²) in [7, 11) is 1.64. The van der Waals surface area contributed by atoms with Gasteiger partial charge in [-0.3, -0.25) is 0 Å². The second-order valence-corrected chi connectivity index (χ2v) is 6.89. The predicted molar refractivity (Wildman–Crippen MR) is 107 cm³/mol. The molecule has 4 rings (SSSR count). The van der Waals surface area contributed by atoms with Crippen LogP contribution in [-0.4, -0.2) is 35.3 Å². The molecule has 0 bridgehead atoms. The van der Waals surface area contributed by atoms with Crippen molar-refractivity contribution >= 4 is 12.4 Å². The Morgan fingerprint density at radius 1 is 1.14 bits per heavy atom. The minimum Gasteiger partial charge on any atom is -0.497 e. The Labute approximate surface area is 170 Å². The van der Waals surface area contributed by atoms with Crippen LogP contribution in [-0.2, 0) is 12.8 Å². The summed E-state index contributed by atoms with van der Waals surface area (Å²) < 4.78 is 16.2. The highest BCUT2D eigenvalue weighted by molar-refractivity contribution is 5.85. The van der Waals surface area contributed by atoms with Crippen LogP contribution in [0.4, 0.5) is 0 Å². The van der Waals surface area contributed by atoms with Crippen molar-refractivity contribution in [2.75, 3.05) is 20.2 Å². The van der Waals surface area contributed by atoms with Crippen LogP contribution in [0.2, 0.25) is 0 Å². The highest BCUT2D eigenvalue weighted by atomic mass is 35.5. The number of halogens is 1. The van der Waals surface area contributed by atoms with E-state index in [9.17, 15) is 0 Å². The van der Waals surface area contributed by atoms with Crippen LogP contribution in [0.3, 0.4) is 0 Å². The van der Waals surface area contributed by atoms with Crippen LogP contribution >= 0.6 is 12.4 Å². The minimum atomic E-state index is 0. The molecule has 0 atom stereocenters. The number of ether oxygens (including phenoxy) is 1. The molecule has 28 heavy (non-hydrogen) atoms. The van der Waals surface area contributed by atoms with E-state index in [1.54, 1.807) is 13.4 Å². The first-order chi connectivity index (χ1) is 13.3. The highest BCUT2D eigenvalue weighted by Crippen LogP contribution is 2.23. The van der Waals surface area contributed by atoms with Crippen LogP contribution in [0, 0.1) is 5.92 Å². The largest absolute Gasteiger partial charge is 0.497 e. The normalized spacial score (nSPS) is 14.6. The number of hydrogen-bond acceptors (Lipinski definition) is 7. The molecule has 0 radical (unpaired) electrons. The molecule has 1 saturated heterocycles. The zero-order valence-corrected chi connectivity index (χ0v) is 16.7. The number of benzene rings is 1. The zero-order valence-electron chi connectivity index (χ0n) is 15.9. The second kappa shape index (κ2) is 9.71. The maximum absolute atomic E-state index is 5.59. The van der Waals surface area contributed by atoms with Gasteiger partial charge in [-0.1, -0.05) is 5.16 Å². The quantitative estimate of drug-likeness (QED) is 0.642. The van der Waals surface area contributed by atoms with E-state index in [2.05, 4.69) is 20.4 Å². The molecule has 0 unspecified atom stereocenters. The summed E-state index contributed by atoms with van der Waals surface area (Å²) in [5.41, 5.74) is 1.68. The number of aromatic nitrogens is 3. The number of nitrogens with zero attached hydrogens (tertiary/aromatic N) is 3. The molecule has 1 N–H and O–H groups in total. The first kappa shape index (κ1) is 20.4. The Bertz CT molecular complexity index is 856. The summed E-state index contributed by atoms with van der Waals surface area (Å²) in [6.45, 7) is 2.23. The fraction of sp³-hybridized carbons (Fsp3) is 0.450. The number of aryl methyl sites for hydroxylation is 1. The number of nitrogens with one attached hydrogen (secondary N) is 1. The Morgan fingerprint density at radius 2 is 1.93 bits per heavy atom. The molecule has 2 aromatic heterocycles. The molecular weight excluding hydrogens is 380 g/mol. The van der Waals surface area contributed by atoms with Gasteiger partial charge >= 0.3 is 0 Å². The zero-order chi connectivity index (χ0) is 18.5. The van der Waals surface area contributed by atoms with E-state index in [1.807, 2.05) is 24.3 Å². The lowest BCUT2D eigenvalue weighted by Crippen LogP contribution is -2.27. The lowest BCUT2D eigenvalue weighted by molar-refractivity contribution is 0.323. The van der Waals surface area contributed by atoms with E-state index in [0.717, 1.165) is 48.9 Å². The molecule has 1 aliphatic heterocycles.